The third-order valence-electron chi connectivity index (χ3n) is 2.77. The molecule has 1 aromatic rings. The van der Waals surface area contributed by atoms with Gasteiger partial charge in [-0.05, 0) is 39.8 Å². The van der Waals surface area contributed by atoms with E-state index in [-0.39, 0.29) is 5.02 Å². The SMILES string of the molecule is C#Cc1ccc(C(F)(F)C(C)NC(=O)OC(C)(C)C)c(Cl)c1. The Morgan fingerprint density at radius 2 is 2.00 bits per heavy atom. The van der Waals surface area contributed by atoms with Crippen molar-refractivity contribution < 1.29 is 18.3 Å². The van der Waals surface area contributed by atoms with Crippen LogP contribution < -0.4 is 5.32 Å². The van der Waals surface area contributed by atoms with Gasteiger partial charge in [-0.15, -0.1) is 6.42 Å². The van der Waals surface area contributed by atoms with Gasteiger partial charge in [0, 0.05) is 11.1 Å². The third-order valence-corrected chi connectivity index (χ3v) is 3.08. The van der Waals surface area contributed by atoms with E-state index < -0.39 is 29.2 Å². The van der Waals surface area contributed by atoms with Gasteiger partial charge in [-0.2, -0.15) is 8.78 Å². The number of benzene rings is 1. The number of amides is 1. The van der Waals surface area contributed by atoms with Crippen molar-refractivity contribution in [1.82, 2.24) is 5.32 Å². The molecule has 0 aliphatic heterocycles. The minimum Gasteiger partial charge on any atom is -0.444 e. The van der Waals surface area contributed by atoms with Gasteiger partial charge < -0.3 is 10.1 Å². The van der Waals surface area contributed by atoms with Gasteiger partial charge in [-0.3, -0.25) is 0 Å². The second kappa shape index (κ2) is 6.53. The number of nitrogens with one attached hydrogen (secondary N) is 1. The Kier molecular flexibility index (Phi) is 5.42. The van der Waals surface area contributed by atoms with Crippen molar-refractivity contribution >= 4 is 17.7 Å². The molecule has 6 heteroatoms. The smallest absolute Gasteiger partial charge is 0.408 e. The Labute approximate surface area is 134 Å². The van der Waals surface area contributed by atoms with E-state index in [2.05, 4.69) is 11.2 Å². The van der Waals surface area contributed by atoms with E-state index in [4.69, 9.17) is 22.8 Å². The van der Waals surface area contributed by atoms with Crippen LogP contribution in [0.4, 0.5) is 13.6 Å². The van der Waals surface area contributed by atoms with Gasteiger partial charge >= 0.3 is 6.09 Å². The Hall–Kier alpha value is -1.80. The Balaban J connectivity index is 2.94. The molecular formula is C16H18ClF2NO2. The lowest BCUT2D eigenvalue weighted by molar-refractivity contribution is -0.0410. The fourth-order valence-electron chi connectivity index (χ4n) is 1.68. The van der Waals surface area contributed by atoms with Crippen molar-refractivity contribution in [3.05, 3.63) is 34.3 Å². The van der Waals surface area contributed by atoms with E-state index in [1.54, 1.807) is 20.8 Å². The summed E-state index contributed by atoms with van der Waals surface area (Å²) in [6.07, 6.45) is 4.27. The second-order valence-electron chi connectivity index (χ2n) is 5.83. The highest BCUT2D eigenvalue weighted by atomic mass is 35.5. The van der Waals surface area contributed by atoms with Crippen LogP contribution in [0, 0.1) is 12.3 Å². The number of halogens is 3. The summed E-state index contributed by atoms with van der Waals surface area (Å²) in [6.45, 7) is 6.11. The molecule has 22 heavy (non-hydrogen) atoms. The number of carbonyl (C=O) groups is 1. The standard InChI is InChI=1S/C16H18ClF2NO2/c1-6-11-7-8-12(13(17)9-11)16(18,19)10(2)20-14(21)22-15(3,4)5/h1,7-10H,2-5H3,(H,20,21). The first-order valence-corrected chi connectivity index (χ1v) is 6.99. The molecule has 0 bridgehead atoms. The number of terminal acetylenes is 1. The van der Waals surface area contributed by atoms with Crippen LogP contribution in [-0.2, 0) is 10.7 Å². The first-order chi connectivity index (χ1) is 9.97. The summed E-state index contributed by atoms with van der Waals surface area (Å²) >= 11 is 5.86. The summed E-state index contributed by atoms with van der Waals surface area (Å²) in [6, 6.07) is 2.31. The van der Waals surface area contributed by atoms with Gasteiger partial charge in [-0.1, -0.05) is 23.6 Å². The Morgan fingerprint density at radius 3 is 2.45 bits per heavy atom. The van der Waals surface area contributed by atoms with Crippen LogP contribution in [-0.4, -0.2) is 17.7 Å². The van der Waals surface area contributed by atoms with Gasteiger partial charge in [0.15, 0.2) is 0 Å². The fourth-order valence-corrected chi connectivity index (χ4v) is 1.99. The van der Waals surface area contributed by atoms with Crippen LogP contribution in [0.15, 0.2) is 18.2 Å². The molecule has 0 fully saturated rings. The highest BCUT2D eigenvalue weighted by Gasteiger charge is 2.41. The number of rotatable bonds is 3. The molecule has 1 atom stereocenters. The molecule has 0 heterocycles. The van der Waals surface area contributed by atoms with Gasteiger partial charge in [-0.25, -0.2) is 4.79 Å². The fraction of sp³-hybridized carbons (Fsp3) is 0.438. The predicted octanol–water partition coefficient (Wildman–Crippen LogP) is 4.33. The zero-order chi connectivity index (χ0) is 17.1. The summed E-state index contributed by atoms with van der Waals surface area (Å²) in [4.78, 5) is 11.6. The Bertz CT molecular complexity index is 603. The van der Waals surface area contributed by atoms with Crippen molar-refractivity contribution in [3.8, 4) is 12.3 Å². The number of carbonyl (C=O) groups excluding carboxylic acids is 1. The molecule has 0 saturated heterocycles. The molecule has 1 aromatic carbocycles. The van der Waals surface area contributed by atoms with Crippen LogP contribution in [0.2, 0.25) is 5.02 Å². The highest BCUT2D eigenvalue weighted by Crippen LogP contribution is 2.36. The zero-order valence-electron chi connectivity index (χ0n) is 12.8. The molecule has 1 amide bonds. The lowest BCUT2D eigenvalue weighted by atomic mass is 10.0. The van der Waals surface area contributed by atoms with Gasteiger partial charge in [0.05, 0.1) is 11.1 Å². The number of hydrogen-bond donors (Lipinski definition) is 1. The summed E-state index contributed by atoms with van der Waals surface area (Å²) in [5.74, 6) is -1.06. The molecule has 0 aliphatic rings. The van der Waals surface area contributed by atoms with Crippen molar-refractivity contribution in [2.24, 2.45) is 0 Å². The maximum atomic E-state index is 14.4. The van der Waals surface area contributed by atoms with Crippen LogP contribution in [0.1, 0.15) is 38.8 Å². The summed E-state index contributed by atoms with van der Waals surface area (Å²) < 4.78 is 33.8. The minimum atomic E-state index is -3.37. The minimum absolute atomic E-state index is 0.154. The first-order valence-electron chi connectivity index (χ1n) is 6.61. The van der Waals surface area contributed by atoms with Crippen LogP contribution >= 0.6 is 11.6 Å². The van der Waals surface area contributed by atoms with Crippen molar-refractivity contribution in [2.75, 3.05) is 0 Å². The van der Waals surface area contributed by atoms with E-state index in [1.807, 2.05) is 0 Å². The highest BCUT2D eigenvalue weighted by molar-refractivity contribution is 6.31. The largest absolute Gasteiger partial charge is 0.444 e. The molecule has 3 nitrogen and oxygen atoms in total. The van der Waals surface area contributed by atoms with Crippen molar-refractivity contribution in [2.45, 2.75) is 45.3 Å². The van der Waals surface area contributed by atoms with Crippen LogP contribution in [0.5, 0.6) is 0 Å². The maximum absolute atomic E-state index is 14.4. The van der Waals surface area contributed by atoms with Crippen LogP contribution in [0.25, 0.3) is 0 Å². The van der Waals surface area contributed by atoms with E-state index >= 15 is 0 Å². The van der Waals surface area contributed by atoms with Crippen molar-refractivity contribution in [1.29, 1.82) is 0 Å². The van der Waals surface area contributed by atoms with Gasteiger partial charge in [0.25, 0.3) is 5.92 Å². The molecular weight excluding hydrogens is 312 g/mol. The molecule has 0 aromatic heterocycles. The number of hydrogen-bond acceptors (Lipinski definition) is 2. The van der Waals surface area contributed by atoms with Gasteiger partial charge in [0.1, 0.15) is 5.60 Å². The summed E-state index contributed by atoms with van der Waals surface area (Å²) in [7, 11) is 0. The van der Waals surface area contributed by atoms with Gasteiger partial charge in [0.2, 0.25) is 0 Å². The lowest BCUT2D eigenvalue weighted by Gasteiger charge is -2.27. The predicted molar refractivity (Wildman–Crippen MR) is 82.1 cm³/mol. The van der Waals surface area contributed by atoms with E-state index in [0.29, 0.717) is 5.56 Å². The second-order valence-corrected chi connectivity index (χ2v) is 6.24. The topological polar surface area (TPSA) is 38.3 Å². The third kappa shape index (κ3) is 4.60. The molecule has 0 saturated carbocycles. The molecule has 0 aliphatic carbocycles. The van der Waals surface area contributed by atoms with Crippen molar-refractivity contribution in [3.63, 3.8) is 0 Å². The Morgan fingerprint density at radius 1 is 1.41 bits per heavy atom. The number of alkyl halides is 2. The first kappa shape index (κ1) is 18.2. The monoisotopic (exact) mass is 329 g/mol. The summed E-state index contributed by atoms with van der Waals surface area (Å²) in [5.41, 5.74) is -0.778. The molecule has 0 spiro atoms. The lowest BCUT2D eigenvalue weighted by Crippen LogP contribution is -2.46. The quantitative estimate of drug-likeness (QED) is 0.838. The van der Waals surface area contributed by atoms with E-state index in [1.165, 1.54) is 19.1 Å². The van der Waals surface area contributed by atoms with E-state index in [0.717, 1.165) is 6.07 Å². The zero-order valence-corrected chi connectivity index (χ0v) is 13.6. The van der Waals surface area contributed by atoms with E-state index in [9.17, 15) is 13.6 Å². The number of ether oxygens (including phenoxy) is 1. The van der Waals surface area contributed by atoms with Crippen LogP contribution in [0.3, 0.4) is 0 Å². The number of alkyl carbamates (subject to hydrolysis) is 1. The summed E-state index contributed by atoms with van der Waals surface area (Å²) in [5, 5.41) is 1.97. The average Bonchev–Trinajstić information content (AvgIpc) is 2.35. The molecule has 1 unspecified atom stereocenters. The molecule has 1 rings (SSSR count). The average molecular weight is 330 g/mol. The molecule has 1 N–H and O–H groups in total. The molecule has 120 valence electrons. The molecule has 0 radical (unpaired) electrons. The maximum Gasteiger partial charge on any atom is 0.408 e. The normalized spacial score (nSPS) is 13.2.